The second-order valence-corrected chi connectivity index (χ2v) is 11.8. The lowest BCUT2D eigenvalue weighted by atomic mass is 10.1. The summed E-state index contributed by atoms with van der Waals surface area (Å²) in [5.74, 6) is 0.713. The molecule has 0 radical (unpaired) electrons. The molecule has 3 amide bonds. The lowest BCUT2D eigenvalue weighted by Gasteiger charge is -2.16. The number of rotatable bonds is 11. The fourth-order valence-corrected chi connectivity index (χ4v) is 5.77. The van der Waals surface area contributed by atoms with Crippen LogP contribution in [0.5, 0.6) is 0 Å². The highest BCUT2D eigenvalue weighted by Crippen LogP contribution is 2.37. The van der Waals surface area contributed by atoms with Crippen molar-refractivity contribution in [1.82, 2.24) is 10.5 Å². The summed E-state index contributed by atoms with van der Waals surface area (Å²) in [4.78, 5) is 40.7. The van der Waals surface area contributed by atoms with Gasteiger partial charge in [-0.2, -0.15) is 0 Å². The number of nitrogens with zero attached hydrogens (tertiary/aromatic N) is 1. The molecule has 0 aliphatic carbocycles. The molecule has 6 rings (SSSR count). The number of anilines is 2. The van der Waals surface area contributed by atoms with Gasteiger partial charge in [-0.25, -0.2) is 0 Å². The average Bonchev–Trinajstić information content (AvgIpc) is 3.77. The van der Waals surface area contributed by atoms with Crippen molar-refractivity contribution in [3.8, 4) is 11.3 Å². The summed E-state index contributed by atoms with van der Waals surface area (Å²) in [5.41, 5.74) is 2.59. The normalized spacial score (nSPS) is 11.8. The molecule has 3 N–H and O–H groups in total. The first-order valence-electron chi connectivity index (χ1n) is 15.0. The third-order valence-corrected chi connectivity index (χ3v) is 8.35. The zero-order valence-electron chi connectivity index (χ0n) is 25.8. The summed E-state index contributed by atoms with van der Waals surface area (Å²) in [6.45, 7) is 1.75. The Morgan fingerprint density at radius 2 is 1.44 bits per heavy atom. The molecule has 2 heterocycles. The maximum atomic E-state index is 13.6. The van der Waals surface area contributed by atoms with Gasteiger partial charge in [-0.1, -0.05) is 84.0 Å². The van der Waals surface area contributed by atoms with Gasteiger partial charge in [-0.3, -0.25) is 14.4 Å². The Bertz CT molecular complexity index is 2040. The van der Waals surface area contributed by atoms with E-state index in [2.05, 4.69) is 21.1 Å². The van der Waals surface area contributed by atoms with Crippen molar-refractivity contribution in [3.05, 3.63) is 162 Å². The van der Waals surface area contributed by atoms with E-state index >= 15 is 0 Å². The van der Waals surface area contributed by atoms with E-state index in [9.17, 15) is 14.4 Å². The van der Waals surface area contributed by atoms with E-state index in [0.29, 0.717) is 34.3 Å². The molecule has 0 aliphatic rings. The average molecular weight is 655 g/mol. The molecule has 0 bridgehead atoms. The van der Waals surface area contributed by atoms with Gasteiger partial charge in [0.1, 0.15) is 28.2 Å². The van der Waals surface area contributed by atoms with E-state index in [1.807, 2.05) is 84.9 Å². The molecule has 0 aliphatic heterocycles. The molecule has 238 valence electrons. The molecule has 48 heavy (non-hydrogen) atoms. The largest absolute Gasteiger partial charge is 0.457 e. The number of nitrogens with one attached hydrogen (secondary N) is 3. The highest BCUT2D eigenvalue weighted by atomic mass is 32.2. The van der Waals surface area contributed by atoms with Crippen molar-refractivity contribution >= 4 is 47.1 Å². The molecule has 0 saturated heterocycles. The minimum atomic E-state index is -0.583. The van der Waals surface area contributed by atoms with E-state index in [0.717, 1.165) is 16.0 Å². The van der Waals surface area contributed by atoms with E-state index in [4.69, 9.17) is 8.94 Å². The van der Waals surface area contributed by atoms with Gasteiger partial charge in [0.2, 0.25) is 5.91 Å². The summed E-state index contributed by atoms with van der Waals surface area (Å²) >= 11 is 1.35. The zero-order valence-corrected chi connectivity index (χ0v) is 26.6. The molecule has 0 unspecified atom stereocenters. The number of carbonyl (C=O) groups excluding carboxylic acids is 3. The van der Waals surface area contributed by atoms with E-state index in [1.165, 1.54) is 17.8 Å². The van der Waals surface area contributed by atoms with Gasteiger partial charge in [0.25, 0.3) is 11.8 Å². The van der Waals surface area contributed by atoms with Crippen molar-refractivity contribution in [1.29, 1.82) is 0 Å². The topological polar surface area (TPSA) is 126 Å². The molecule has 1 atom stereocenters. The Balaban J connectivity index is 1.19. The summed E-state index contributed by atoms with van der Waals surface area (Å²) < 4.78 is 11.1. The highest BCUT2D eigenvalue weighted by Gasteiger charge is 2.23. The predicted molar refractivity (Wildman–Crippen MR) is 186 cm³/mol. The summed E-state index contributed by atoms with van der Waals surface area (Å²) in [5, 5.41) is 11.7. The van der Waals surface area contributed by atoms with E-state index in [-0.39, 0.29) is 11.6 Å². The van der Waals surface area contributed by atoms with Gasteiger partial charge < -0.3 is 24.9 Å². The van der Waals surface area contributed by atoms with Gasteiger partial charge in [-0.05, 0) is 61.0 Å². The monoisotopic (exact) mass is 654 g/mol. The van der Waals surface area contributed by atoms with Crippen LogP contribution < -0.4 is 16.0 Å². The molecule has 10 heteroatoms. The van der Waals surface area contributed by atoms with Crippen LogP contribution in [0.15, 0.2) is 153 Å². The van der Waals surface area contributed by atoms with Gasteiger partial charge in [0.15, 0.2) is 5.82 Å². The third-order valence-electron chi connectivity index (χ3n) is 7.09. The number of hydrogen-bond acceptors (Lipinski definition) is 7. The summed E-state index contributed by atoms with van der Waals surface area (Å²) in [7, 11) is 0. The maximum absolute atomic E-state index is 13.6. The molecule has 4 aromatic carbocycles. The summed E-state index contributed by atoms with van der Waals surface area (Å²) in [6, 6.07) is 39.9. The first kappa shape index (κ1) is 31.8. The fourth-order valence-electron chi connectivity index (χ4n) is 4.74. The molecule has 0 fully saturated rings. The SMILES string of the molecule is Cc1cc(NC(=O)[C@@H](Sc2ccc(NC(=O)/C(=C/c3ccc(-c4ccccc4)o3)NC(=O)c3ccccc3)cc2)c2ccccc2)no1. The Kier molecular flexibility index (Phi) is 9.93. The van der Waals surface area contributed by atoms with Crippen LogP contribution in [-0.2, 0) is 9.59 Å². The second kappa shape index (κ2) is 15.0. The molecule has 0 spiro atoms. The minimum absolute atomic E-state index is 0.000159. The van der Waals surface area contributed by atoms with E-state index < -0.39 is 17.1 Å². The first-order valence-corrected chi connectivity index (χ1v) is 15.9. The number of hydrogen-bond donors (Lipinski definition) is 3. The van der Waals surface area contributed by atoms with Crippen LogP contribution in [0.25, 0.3) is 17.4 Å². The highest BCUT2D eigenvalue weighted by molar-refractivity contribution is 8.00. The van der Waals surface area contributed by atoms with Crippen molar-refractivity contribution in [2.75, 3.05) is 10.6 Å². The number of benzene rings is 4. The molecule has 0 saturated carbocycles. The van der Waals surface area contributed by atoms with Crippen molar-refractivity contribution < 1.29 is 23.3 Å². The van der Waals surface area contributed by atoms with Crippen LogP contribution in [-0.4, -0.2) is 22.9 Å². The quantitative estimate of drug-likeness (QED) is 0.0951. The van der Waals surface area contributed by atoms with Crippen molar-refractivity contribution in [2.24, 2.45) is 0 Å². The van der Waals surface area contributed by atoms with Gasteiger partial charge >= 0.3 is 0 Å². The van der Waals surface area contributed by atoms with Gasteiger partial charge in [0.05, 0.1) is 0 Å². The third kappa shape index (κ3) is 8.17. The first-order chi connectivity index (χ1) is 23.4. The second-order valence-electron chi connectivity index (χ2n) is 10.6. The van der Waals surface area contributed by atoms with Gasteiger partial charge in [-0.15, -0.1) is 11.8 Å². The lowest BCUT2D eigenvalue weighted by Crippen LogP contribution is -2.30. The number of amides is 3. The standard InChI is InChI=1S/C38H30N4O5S/c1-25-23-34(42-47-25)41-38(45)35(27-13-7-3-8-14-27)48-31-20-17-29(18-21-31)39-37(44)32(40-36(43)28-15-9-4-10-16-28)24-30-19-22-33(46-30)26-11-5-2-6-12-26/h2-24,35H,1H3,(H,39,44)(H,40,43)(H,41,42,45)/b32-24-/t35-/m0/s1. The van der Waals surface area contributed by atoms with Crippen LogP contribution in [0.2, 0.25) is 0 Å². The number of aromatic nitrogens is 1. The van der Waals surface area contributed by atoms with Crippen LogP contribution >= 0.6 is 11.8 Å². The molecule has 6 aromatic rings. The lowest BCUT2D eigenvalue weighted by molar-refractivity contribution is -0.116. The predicted octanol–water partition coefficient (Wildman–Crippen LogP) is 8.12. The zero-order chi connectivity index (χ0) is 33.3. The Labute approximate surface area is 281 Å². The fraction of sp³-hybridized carbons (Fsp3) is 0.0526. The van der Waals surface area contributed by atoms with Crippen LogP contribution in [0.3, 0.4) is 0 Å². The molecule has 9 nitrogen and oxygen atoms in total. The van der Waals surface area contributed by atoms with Crippen molar-refractivity contribution in [2.45, 2.75) is 17.1 Å². The number of carbonyl (C=O) groups is 3. The van der Waals surface area contributed by atoms with Crippen LogP contribution in [0.1, 0.15) is 32.7 Å². The van der Waals surface area contributed by atoms with Crippen LogP contribution in [0.4, 0.5) is 11.5 Å². The maximum Gasteiger partial charge on any atom is 0.272 e. The Hall–Kier alpha value is -6.13. The van der Waals surface area contributed by atoms with Crippen LogP contribution in [0, 0.1) is 6.92 Å². The smallest absolute Gasteiger partial charge is 0.272 e. The molecular weight excluding hydrogens is 625 g/mol. The minimum Gasteiger partial charge on any atom is -0.457 e. The number of thioether (sulfide) groups is 1. The summed E-state index contributed by atoms with van der Waals surface area (Å²) in [6.07, 6.45) is 1.49. The number of aryl methyl sites for hydroxylation is 1. The van der Waals surface area contributed by atoms with E-state index in [1.54, 1.807) is 55.5 Å². The van der Waals surface area contributed by atoms with Gasteiger partial charge in [0, 0.05) is 33.9 Å². The van der Waals surface area contributed by atoms with Crippen molar-refractivity contribution in [3.63, 3.8) is 0 Å². The Morgan fingerprint density at radius 1 is 0.771 bits per heavy atom. The number of furan rings is 1. The molecule has 2 aromatic heterocycles. The Morgan fingerprint density at radius 3 is 2.10 bits per heavy atom. The molecular formula is C38H30N4O5S.